The highest BCUT2D eigenvalue weighted by Gasteiger charge is 2.20. The smallest absolute Gasteiger partial charge is 0.267 e. The van der Waals surface area contributed by atoms with E-state index in [1.807, 2.05) is 60.7 Å². The SMILES string of the molecule is O=c1c2cc(-c3ccccc3)sc2nc2n1N=C(c1ccc(Br)cc1)CS2. The number of hydrogen-bond acceptors (Lipinski definition) is 5. The van der Waals surface area contributed by atoms with Crippen molar-refractivity contribution in [3.8, 4) is 10.4 Å². The zero-order valence-corrected chi connectivity index (χ0v) is 17.1. The molecular weight excluding hydrogens is 442 g/mol. The van der Waals surface area contributed by atoms with Crippen LogP contribution in [0, 0.1) is 0 Å². The number of hydrogen-bond donors (Lipinski definition) is 0. The molecule has 7 heteroatoms. The second kappa shape index (κ2) is 6.74. The lowest BCUT2D eigenvalue weighted by Crippen LogP contribution is -2.25. The van der Waals surface area contributed by atoms with Gasteiger partial charge in [0.25, 0.3) is 5.56 Å². The van der Waals surface area contributed by atoms with E-state index in [1.54, 1.807) is 23.1 Å². The topological polar surface area (TPSA) is 47.2 Å². The van der Waals surface area contributed by atoms with E-state index in [1.165, 1.54) is 4.68 Å². The predicted octanol–water partition coefficient (Wildman–Crippen LogP) is 5.25. The van der Waals surface area contributed by atoms with Crippen LogP contribution < -0.4 is 5.56 Å². The van der Waals surface area contributed by atoms with Gasteiger partial charge in [-0.3, -0.25) is 4.79 Å². The molecule has 0 bridgehead atoms. The lowest BCUT2D eigenvalue weighted by Gasteiger charge is -2.15. The molecule has 0 atom stereocenters. The Kier molecular flexibility index (Phi) is 4.22. The summed E-state index contributed by atoms with van der Waals surface area (Å²) < 4.78 is 2.46. The molecule has 1 aliphatic heterocycles. The number of halogens is 1. The van der Waals surface area contributed by atoms with Crippen molar-refractivity contribution in [1.82, 2.24) is 9.66 Å². The Morgan fingerprint density at radius 2 is 1.78 bits per heavy atom. The van der Waals surface area contributed by atoms with Crippen LogP contribution in [-0.2, 0) is 0 Å². The summed E-state index contributed by atoms with van der Waals surface area (Å²) in [6.07, 6.45) is 0. The molecule has 0 fully saturated rings. The first kappa shape index (κ1) is 16.9. The maximum Gasteiger partial charge on any atom is 0.283 e. The summed E-state index contributed by atoms with van der Waals surface area (Å²) in [6.45, 7) is 0. The second-order valence-corrected chi connectivity index (χ2v) is 8.94. The van der Waals surface area contributed by atoms with Gasteiger partial charge < -0.3 is 0 Å². The Hall–Kier alpha value is -2.22. The first-order valence-corrected chi connectivity index (χ1v) is 10.9. The Bertz CT molecular complexity index is 1240. The van der Waals surface area contributed by atoms with Gasteiger partial charge in [0.15, 0.2) is 5.16 Å². The third kappa shape index (κ3) is 3.05. The molecule has 1 aliphatic rings. The van der Waals surface area contributed by atoms with E-state index in [4.69, 9.17) is 4.98 Å². The van der Waals surface area contributed by atoms with E-state index in [0.717, 1.165) is 31.0 Å². The van der Waals surface area contributed by atoms with Gasteiger partial charge >= 0.3 is 0 Å². The summed E-state index contributed by atoms with van der Waals surface area (Å²) >= 11 is 6.54. The number of benzene rings is 2. The highest BCUT2D eigenvalue weighted by molar-refractivity contribution is 9.10. The van der Waals surface area contributed by atoms with Crippen molar-refractivity contribution in [1.29, 1.82) is 0 Å². The number of thioether (sulfide) groups is 1. The van der Waals surface area contributed by atoms with Crippen molar-refractivity contribution in [3.63, 3.8) is 0 Å². The van der Waals surface area contributed by atoms with Gasteiger partial charge in [-0.1, -0.05) is 70.2 Å². The second-order valence-electron chi connectivity index (χ2n) is 6.05. The van der Waals surface area contributed by atoms with Gasteiger partial charge in [0.1, 0.15) is 4.83 Å². The molecule has 27 heavy (non-hydrogen) atoms. The zero-order chi connectivity index (χ0) is 18.4. The fourth-order valence-electron chi connectivity index (χ4n) is 2.94. The lowest BCUT2D eigenvalue weighted by molar-refractivity contribution is 0.700. The van der Waals surface area contributed by atoms with Crippen LogP contribution in [0.2, 0.25) is 0 Å². The molecule has 4 nitrogen and oxygen atoms in total. The van der Waals surface area contributed by atoms with Gasteiger partial charge in [0.05, 0.1) is 11.1 Å². The first-order valence-electron chi connectivity index (χ1n) is 8.28. The molecule has 0 saturated heterocycles. The minimum absolute atomic E-state index is 0.116. The molecule has 2 aromatic heterocycles. The molecule has 5 rings (SSSR count). The van der Waals surface area contributed by atoms with Crippen LogP contribution >= 0.6 is 39.0 Å². The highest BCUT2D eigenvalue weighted by atomic mass is 79.9. The minimum Gasteiger partial charge on any atom is -0.267 e. The highest BCUT2D eigenvalue weighted by Crippen LogP contribution is 2.33. The van der Waals surface area contributed by atoms with Crippen LogP contribution in [0.3, 0.4) is 0 Å². The van der Waals surface area contributed by atoms with E-state index in [-0.39, 0.29) is 5.56 Å². The quantitative estimate of drug-likeness (QED) is 0.389. The molecule has 3 heterocycles. The molecule has 0 spiro atoms. The van der Waals surface area contributed by atoms with Crippen molar-refractivity contribution in [2.24, 2.45) is 5.10 Å². The van der Waals surface area contributed by atoms with E-state index in [2.05, 4.69) is 21.0 Å². The van der Waals surface area contributed by atoms with Crippen LogP contribution in [0.15, 0.2) is 80.2 Å². The van der Waals surface area contributed by atoms with Crippen LogP contribution in [-0.4, -0.2) is 21.1 Å². The summed E-state index contributed by atoms with van der Waals surface area (Å²) in [5.74, 6) is 0.691. The average Bonchev–Trinajstić information content (AvgIpc) is 3.14. The fourth-order valence-corrected chi connectivity index (χ4v) is 5.19. The summed E-state index contributed by atoms with van der Waals surface area (Å²) in [5.41, 5.74) is 2.87. The number of fused-ring (bicyclic) bond motifs is 2. The average molecular weight is 454 g/mol. The standard InChI is InChI=1S/C20H12BrN3OS2/c21-14-8-6-12(7-9-14)16-11-26-20-22-18-15(19(25)24(20)23-16)10-17(27-18)13-4-2-1-3-5-13/h1-10H,11H2. The zero-order valence-electron chi connectivity index (χ0n) is 13.9. The Labute approximate surface area is 171 Å². The molecule has 0 aliphatic carbocycles. The summed E-state index contributed by atoms with van der Waals surface area (Å²) in [4.78, 5) is 19.6. The first-order chi connectivity index (χ1) is 13.2. The predicted molar refractivity (Wildman–Crippen MR) is 116 cm³/mol. The van der Waals surface area contributed by atoms with E-state index < -0.39 is 0 Å². The van der Waals surface area contributed by atoms with Crippen LogP contribution in [0.5, 0.6) is 0 Å². The molecule has 2 aromatic carbocycles. The maximum atomic E-state index is 13.1. The molecule has 0 N–H and O–H groups in total. The van der Waals surface area contributed by atoms with Crippen molar-refractivity contribution in [2.75, 3.05) is 5.75 Å². The molecule has 0 amide bonds. The van der Waals surface area contributed by atoms with Crippen molar-refractivity contribution < 1.29 is 0 Å². The van der Waals surface area contributed by atoms with Crippen molar-refractivity contribution in [3.05, 3.63) is 81.1 Å². The Morgan fingerprint density at radius 1 is 1.00 bits per heavy atom. The summed E-state index contributed by atoms with van der Waals surface area (Å²) in [6, 6.07) is 19.9. The third-order valence-corrected chi connectivity index (χ3v) is 6.85. The van der Waals surface area contributed by atoms with E-state index in [9.17, 15) is 4.79 Å². The van der Waals surface area contributed by atoms with Gasteiger partial charge in [-0.05, 0) is 29.3 Å². The number of rotatable bonds is 2. The number of aromatic nitrogens is 2. The lowest BCUT2D eigenvalue weighted by atomic mass is 10.1. The largest absolute Gasteiger partial charge is 0.283 e. The van der Waals surface area contributed by atoms with Gasteiger partial charge in [0, 0.05) is 15.1 Å². The third-order valence-electron chi connectivity index (χ3n) is 4.31. The van der Waals surface area contributed by atoms with Crippen LogP contribution in [0.1, 0.15) is 5.56 Å². The molecule has 4 aromatic rings. The van der Waals surface area contributed by atoms with Gasteiger partial charge in [-0.25, -0.2) is 4.98 Å². The molecular formula is C20H12BrN3OS2. The normalized spacial score (nSPS) is 13.4. The van der Waals surface area contributed by atoms with Crippen molar-refractivity contribution >= 4 is 55.0 Å². The summed E-state index contributed by atoms with van der Waals surface area (Å²) in [5, 5.41) is 5.87. The molecule has 0 saturated carbocycles. The summed E-state index contributed by atoms with van der Waals surface area (Å²) in [7, 11) is 0. The Morgan fingerprint density at radius 3 is 2.56 bits per heavy atom. The van der Waals surface area contributed by atoms with Gasteiger partial charge in [0.2, 0.25) is 0 Å². The Balaban J connectivity index is 1.65. The van der Waals surface area contributed by atoms with E-state index in [0.29, 0.717) is 16.3 Å². The van der Waals surface area contributed by atoms with Gasteiger partial charge in [-0.15, -0.1) is 11.3 Å². The van der Waals surface area contributed by atoms with Crippen molar-refractivity contribution in [2.45, 2.75) is 5.16 Å². The molecule has 0 radical (unpaired) electrons. The maximum absolute atomic E-state index is 13.1. The van der Waals surface area contributed by atoms with Crippen LogP contribution in [0.25, 0.3) is 20.7 Å². The van der Waals surface area contributed by atoms with Gasteiger partial charge in [-0.2, -0.15) is 9.78 Å². The van der Waals surface area contributed by atoms with Crippen LogP contribution in [0.4, 0.5) is 0 Å². The minimum atomic E-state index is -0.116. The number of thiophene rings is 1. The molecule has 132 valence electrons. The number of nitrogens with zero attached hydrogens (tertiary/aromatic N) is 3. The molecule has 0 unspecified atom stereocenters. The fraction of sp³-hybridized carbons (Fsp3) is 0.0500. The van der Waals surface area contributed by atoms with E-state index >= 15 is 0 Å². The monoisotopic (exact) mass is 453 g/mol.